The van der Waals surface area contributed by atoms with Crippen LogP contribution in [0.5, 0.6) is 0 Å². The van der Waals surface area contributed by atoms with Crippen molar-refractivity contribution in [3.63, 3.8) is 0 Å². The molecule has 31 heavy (non-hydrogen) atoms. The number of nitrogens with zero attached hydrogens (tertiary/aromatic N) is 2. The second-order valence-corrected chi connectivity index (χ2v) is 8.18. The summed E-state index contributed by atoms with van der Waals surface area (Å²) in [5, 5.41) is 0.451. The van der Waals surface area contributed by atoms with Gasteiger partial charge in [-0.1, -0.05) is 6.07 Å². The number of hydrogen-bond donors (Lipinski definition) is 2. The van der Waals surface area contributed by atoms with Gasteiger partial charge in [0.25, 0.3) is 10.0 Å². The molecular weight excluding hydrogens is 436 g/mol. The summed E-state index contributed by atoms with van der Waals surface area (Å²) in [5.41, 5.74) is 4.94. The van der Waals surface area contributed by atoms with Crippen molar-refractivity contribution in [2.45, 2.75) is 4.90 Å². The Balaban J connectivity index is 1.78. The van der Waals surface area contributed by atoms with Crippen molar-refractivity contribution in [1.82, 2.24) is 9.97 Å². The molecule has 0 saturated carbocycles. The first-order valence-corrected chi connectivity index (χ1v) is 10.1. The molecule has 0 unspecified atom stereocenters. The summed E-state index contributed by atoms with van der Waals surface area (Å²) in [5.74, 6) is -4.38. The number of sulfonamides is 1. The van der Waals surface area contributed by atoms with E-state index >= 15 is 4.39 Å². The van der Waals surface area contributed by atoms with Crippen LogP contribution in [0.1, 0.15) is 0 Å². The van der Waals surface area contributed by atoms with E-state index in [2.05, 4.69) is 9.97 Å². The van der Waals surface area contributed by atoms with E-state index in [0.717, 1.165) is 12.1 Å². The van der Waals surface area contributed by atoms with E-state index < -0.39 is 49.4 Å². The first kappa shape index (κ1) is 20.5. The van der Waals surface area contributed by atoms with Gasteiger partial charge >= 0.3 is 0 Å². The normalized spacial score (nSPS) is 11.6. The van der Waals surface area contributed by atoms with Crippen molar-refractivity contribution in [3.8, 4) is 11.1 Å². The molecule has 0 atom stereocenters. The first-order chi connectivity index (χ1) is 14.6. The third kappa shape index (κ3) is 3.99. The van der Waals surface area contributed by atoms with Gasteiger partial charge in [-0.25, -0.2) is 35.9 Å². The maximum Gasteiger partial charge on any atom is 0.262 e. The van der Waals surface area contributed by atoms with Gasteiger partial charge in [-0.15, -0.1) is 0 Å². The lowest BCUT2D eigenvalue weighted by molar-refractivity contribution is 0.568. The Labute approximate surface area is 173 Å². The quantitative estimate of drug-likeness (QED) is 0.455. The van der Waals surface area contributed by atoms with E-state index in [4.69, 9.17) is 5.73 Å². The molecule has 0 saturated heterocycles. The van der Waals surface area contributed by atoms with E-state index in [1.54, 1.807) is 0 Å². The highest BCUT2D eigenvalue weighted by atomic mass is 32.2. The molecule has 0 amide bonds. The predicted molar refractivity (Wildman–Crippen MR) is 106 cm³/mol. The fourth-order valence-electron chi connectivity index (χ4n) is 2.99. The number of fused-ring (bicyclic) bond motifs is 1. The van der Waals surface area contributed by atoms with Gasteiger partial charge in [0.2, 0.25) is 5.95 Å². The Morgan fingerprint density at radius 1 is 0.903 bits per heavy atom. The van der Waals surface area contributed by atoms with Crippen molar-refractivity contribution in [2.75, 3.05) is 10.5 Å². The zero-order valence-electron chi connectivity index (χ0n) is 15.4. The zero-order chi connectivity index (χ0) is 22.3. The lowest BCUT2D eigenvalue weighted by atomic mass is 10.0. The molecule has 11 heteroatoms. The van der Waals surface area contributed by atoms with Crippen molar-refractivity contribution in [1.29, 1.82) is 0 Å². The number of aromatic nitrogens is 2. The molecule has 4 rings (SSSR count). The van der Waals surface area contributed by atoms with Crippen LogP contribution in [-0.4, -0.2) is 18.4 Å². The van der Waals surface area contributed by atoms with E-state index in [1.165, 1.54) is 24.4 Å². The van der Waals surface area contributed by atoms with Gasteiger partial charge in [0.05, 0.1) is 21.7 Å². The maximum atomic E-state index is 15.1. The Morgan fingerprint density at radius 2 is 1.61 bits per heavy atom. The smallest absolute Gasteiger partial charge is 0.262 e. The lowest BCUT2D eigenvalue weighted by Crippen LogP contribution is -2.15. The van der Waals surface area contributed by atoms with Gasteiger partial charge in [-0.05, 0) is 42.0 Å². The molecule has 3 N–H and O–H groups in total. The standard InChI is InChI=1S/C20H12F4N4O2S/c21-12-6-13(22)8-14(7-12)31(29,30)28-17-4-2-15(23)18(19(17)24)10-1-3-16-11(5-10)9-26-20(25)27-16/h1-9,28H,(H2,25,26,27). The summed E-state index contributed by atoms with van der Waals surface area (Å²) >= 11 is 0. The number of halogens is 4. The highest BCUT2D eigenvalue weighted by Gasteiger charge is 2.22. The van der Waals surface area contributed by atoms with E-state index in [9.17, 15) is 21.6 Å². The van der Waals surface area contributed by atoms with E-state index in [0.29, 0.717) is 29.1 Å². The summed E-state index contributed by atoms with van der Waals surface area (Å²) in [6.45, 7) is 0. The van der Waals surface area contributed by atoms with Crippen LogP contribution in [0.4, 0.5) is 29.2 Å². The van der Waals surface area contributed by atoms with Gasteiger partial charge in [-0.2, -0.15) is 0 Å². The monoisotopic (exact) mass is 448 g/mol. The number of nitrogens with two attached hydrogens (primary N) is 1. The summed E-state index contributed by atoms with van der Waals surface area (Å²) in [4.78, 5) is 7.07. The van der Waals surface area contributed by atoms with Crippen LogP contribution in [0, 0.1) is 23.3 Å². The SMILES string of the molecule is Nc1ncc2cc(-c3c(F)ccc(NS(=O)(=O)c4cc(F)cc(F)c4)c3F)ccc2n1. The molecule has 0 spiro atoms. The van der Waals surface area contributed by atoms with Gasteiger partial charge in [-0.3, -0.25) is 4.72 Å². The van der Waals surface area contributed by atoms with Gasteiger partial charge in [0.1, 0.15) is 17.5 Å². The Kier molecular flexibility index (Phi) is 4.97. The molecule has 1 aromatic heterocycles. The Bertz CT molecular complexity index is 1420. The fourth-order valence-corrected chi connectivity index (χ4v) is 4.09. The molecule has 3 aromatic carbocycles. The molecule has 0 radical (unpaired) electrons. The average Bonchev–Trinajstić information content (AvgIpc) is 2.69. The van der Waals surface area contributed by atoms with Crippen LogP contribution in [0.15, 0.2) is 59.6 Å². The molecule has 0 bridgehead atoms. The van der Waals surface area contributed by atoms with Crippen LogP contribution >= 0.6 is 0 Å². The van der Waals surface area contributed by atoms with E-state index in [-0.39, 0.29) is 11.5 Å². The molecule has 0 fully saturated rings. The molecule has 158 valence electrons. The molecule has 1 heterocycles. The molecular formula is C20H12F4N4O2S. The highest BCUT2D eigenvalue weighted by Crippen LogP contribution is 2.33. The Morgan fingerprint density at radius 3 is 2.32 bits per heavy atom. The van der Waals surface area contributed by atoms with E-state index in [1.807, 2.05) is 4.72 Å². The molecule has 0 aliphatic rings. The van der Waals surface area contributed by atoms with Crippen LogP contribution in [-0.2, 0) is 10.0 Å². The second kappa shape index (κ2) is 7.51. The first-order valence-electron chi connectivity index (χ1n) is 8.63. The number of hydrogen-bond acceptors (Lipinski definition) is 5. The van der Waals surface area contributed by atoms with Crippen molar-refractivity contribution >= 4 is 32.6 Å². The topological polar surface area (TPSA) is 98.0 Å². The number of nitrogen functional groups attached to an aromatic ring is 1. The number of nitrogens with one attached hydrogen (secondary N) is 1. The van der Waals surface area contributed by atoms with Gasteiger partial charge < -0.3 is 5.73 Å². The minimum atomic E-state index is -4.56. The minimum Gasteiger partial charge on any atom is -0.368 e. The number of rotatable bonds is 4. The van der Waals surface area contributed by atoms with Crippen LogP contribution in [0.25, 0.3) is 22.0 Å². The summed E-state index contributed by atoms with van der Waals surface area (Å²) in [6.07, 6.45) is 1.38. The zero-order valence-corrected chi connectivity index (χ0v) is 16.2. The summed E-state index contributed by atoms with van der Waals surface area (Å²) in [6, 6.07) is 7.65. The number of anilines is 2. The maximum absolute atomic E-state index is 15.1. The third-order valence-corrected chi connectivity index (χ3v) is 5.71. The van der Waals surface area contributed by atoms with Crippen molar-refractivity contribution in [3.05, 3.63) is 78.0 Å². The largest absolute Gasteiger partial charge is 0.368 e. The lowest BCUT2D eigenvalue weighted by Gasteiger charge is -2.13. The molecule has 4 aromatic rings. The van der Waals surface area contributed by atoms with Crippen LogP contribution in [0.3, 0.4) is 0 Å². The van der Waals surface area contributed by atoms with Crippen LogP contribution < -0.4 is 10.5 Å². The van der Waals surface area contributed by atoms with Gasteiger partial charge in [0.15, 0.2) is 5.82 Å². The summed E-state index contributed by atoms with van der Waals surface area (Å²) in [7, 11) is -4.56. The Hall–Kier alpha value is -3.73. The fraction of sp³-hybridized carbons (Fsp3) is 0. The summed E-state index contributed by atoms with van der Waals surface area (Å²) < 4.78 is 83.2. The third-order valence-electron chi connectivity index (χ3n) is 4.37. The van der Waals surface area contributed by atoms with Crippen LogP contribution in [0.2, 0.25) is 0 Å². The van der Waals surface area contributed by atoms with Crippen molar-refractivity contribution < 1.29 is 26.0 Å². The number of benzene rings is 3. The van der Waals surface area contributed by atoms with Gasteiger partial charge in [0, 0.05) is 17.6 Å². The predicted octanol–water partition coefficient (Wildman–Crippen LogP) is 4.24. The minimum absolute atomic E-state index is 0.0304. The highest BCUT2D eigenvalue weighted by molar-refractivity contribution is 7.92. The molecule has 6 nitrogen and oxygen atoms in total. The molecule has 0 aliphatic carbocycles. The molecule has 0 aliphatic heterocycles. The average molecular weight is 448 g/mol. The second-order valence-electron chi connectivity index (χ2n) is 6.50. The van der Waals surface area contributed by atoms with Crippen molar-refractivity contribution in [2.24, 2.45) is 0 Å².